The van der Waals surface area contributed by atoms with Gasteiger partial charge in [-0.3, -0.25) is 4.79 Å². The van der Waals surface area contributed by atoms with Crippen LogP contribution >= 0.6 is 24.0 Å². The molecule has 2 aliphatic heterocycles. The summed E-state index contributed by atoms with van der Waals surface area (Å²) < 4.78 is 11.5. The van der Waals surface area contributed by atoms with Gasteiger partial charge in [0.1, 0.15) is 17.6 Å². The second-order valence-electron chi connectivity index (χ2n) is 7.70. The quantitative estimate of drug-likeness (QED) is 0.345. The number of guanidine groups is 1. The molecule has 1 aromatic carbocycles. The summed E-state index contributed by atoms with van der Waals surface area (Å²) in [5, 5.41) is 3.38. The number of methoxy groups -OCH3 is 1. The summed E-state index contributed by atoms with van der Waals surface area (Å²) in [7, 11) is 1.69. The van der Waals surface area contributed by atoms with Crippen LogP contribution in [-0.4, -0.2) is 49.6 Å². The fraction of sp³-hybridized carbons (Fsp3) is 0.619. The number of fused-ring (bicyclic) bond motifs is 1. The lowest BCUT2D eigenvalue weighted by Gasteiger charge is -2.34. The molecule has 162 valence electrons. The molecule has 3 N–H and O–H groups in total. The van der Waals surface area contributed by atoms with Gasteiger partial charge in [0.15, 0.2) is 5.96 Å². The van der Waals surface area contributed by atoms with Crippen LogP contribution < -0.4 is 20.5 Å². The molecule has 2 heterocycles. The van der Waals surface area contributed by atoms with Crippen molar-refractivity contribution < 1.29 is 14.3 Å². The molecule has 1 fully saturated rings. The molecule has 7 nitrogen and oxygen atoms in total. The van der Waals surface area contributed by atoms with E-state index in [9.17, 15) is 4.79 Å². The maximum absolute atomic E-state index is 11.3. The smallest absolute Gasteiger partial charge is 0.217 e. The molecule has 1 amide bonds. The summed E-state index contributed by atoms with van der Waals surface area (Å²) >= 11 is 0. The van der Waals surface area contributed by atoms with E-state index < -0.39 is 0 Å². The Morgan fingerprint density at radius 1 is 1.45 bits per heavy atom. The third-order valence-corrected chi connectivity index (χ3v) is 5.34. The molecule has 8 heteroatoms. The number of carbonyl (C=O) groups is 1. The van der Waals surface area contributed by atoms with Crippen LogP contribution in [-0.2, 0) is 17.8 Å². The van der Waals surface area contributed by atoms with Crippen molar-refractivity contribution in [2.45, 2.75) is 52.2 Å². The SMILES string of the molecule is CCNC(=NCc1cc2c(cc1OC)CC(C)O2)N1CCCC(CC(N)=O)C1.I. The number of aliphatic imine (C=N–C) groups is 1. The Hall–Kier alpha value is -1.71. The van der Waals surface area contributed by atoms with Crippen molar-refractivity contribution in [1.29, 1.82) is 0 Å². The highest BCUT2D eigenvalue weighted by atomic mass is 127. The Morgan fingerprint density at radius 2 is 2.24 bits per heavy atom. The Labute approximate surface area is 190 Å². The minimum atomic E-state index is -0.231. The molecule has 2 unspecified atom stereocenters. The van der Waals surface area contributed by atoms with Gasteiger partial charge in [-0.1, -0.05) is 0 Å². The van der Waals surface area contributed by atoms with Crippen molar-refractivity contribution in [2.24, 2.45) is 16.6 Å². The van der Waals surface area contributed by atoms with Gasteiger partial charge in [0.2, 0.25) is 5.91 Å². The number of likely N-dealkylation sites (tertiary alicyclic amines) is 1. The van der Waals surface area contributed by atoms with E-state index in [0.29, 0.717) is 18.9 Å². The van der Waals surface area contributed by atoms with E-state index in [-0.39, 0.29) is 36.0 Å². The Morgan fingerprint density at radius 3 is 2.93 bits per heavy atom. The van der Waals surface area contributed by atoms with Crippen LogP contribution in [0.2, 0.25) is 0 Å². The predicted octanol–water partition coefficient (Wildman–Crippen LogP) is 2.69. The van der Waals surface area contributed by atoms with Crippen molar-refractivity contribution in [3.63, 3.8) is 0 Å². The summed E-state index contributed by atoms with van der Waals surface area (Å²) in [4.78, 5) is 18.4. The number of piperidine rings is 1. The van der Waals surface area contributed by atoms with Crippen LogP contribution in [0.3, 0.4) is 0 Å². The van der Waals surface area contributed by atoms with Gasteiger partial charge in [0.05, 0.1) is 13.7 Å². The average Bonchev–Trinajstić information content (AvgIpc) is 3.02. The van der Waals surface area contributed by atoms with Crippen LogP contribution in [0.1, 0.15) is 44.2 Å². The van der Waals surface area contributed by atoms with Crippen LogP contribution in [0.25, 0.3) is 0 Å². The highest BCUT2D eigenvalue weighted by molar-refractivity contribution is 14.0. The number of nitrogens with one attached hydrogen (secondary N) is 1. The minimum Gasteiger partial charge on any atom is -0.496 e. The summed E-state index contributed by atoms with van der Waals surface area (Å²) in [5.41, 5.74) is 7.60. The van der Waals surface area contributed by atoms with E-state index >= 15 is 0 Å². The number of ether oxygens (including phenoxy) is 2. The molecule has 0 spiro atoms. The van der Waals surface area contributed by atoms with Crippen molar-refractivity contribution in [2.75, 3.05) is 26.7 Å². The number of amides is 1. The van der Waals surface area contributed by atoms with Crippen molar-refractivity contribution >= 4 is 35.8 Å². The van der Waals surface area contributed by atoms with Gasteiger partial charge in [-0.25, -0.2) is 4.99 Å². The topological polar surface area (TPSA) is 89.2 Å². The molecule has 1 saturated heterocycles. The zero-order chi connectivity index (χ0) is 20.1. The highest BCUT2D eigenvalue weighted by Gasteiger charge is 2.24. The maximum atomic E-state index is 11.3. The number of nitrogens with two attached hydrogens (primary N) is 1. The molecular formula is C21H33IN4O3. The highest BCUT2D eigenvalue weighted by Crippen LogP contribution is 2.35. The summed E-state index contributed by atoms with van der Waals surface area (Å²) in [5.74, 6) is 2.71. The Bertz CT molecular complexity index is 741. The van der Waals surface area contributed by atoms with E-state index in [4.69, 9.17) is 20.2 Å². The number of rotatable bonds is 6. The molecular weight excluding hydrogens is 483 g/mol. The number of carbonyl (C=O) groups excluding carboxylic acids is 1. The van der Waals surface area contributed by atoms with Gasteiger partial charge in [0.25, 0.3) is 0 Å². The summed E-state index contributed by atoms with van der Waals surface area (Å²) in [6.45, 7) is 7.17. The van der Waals surface area contributed by atoms with Gasteiger partial charge >= 0.3 is 0 Å². The number of primary amides is 1. The molecule has 0 aromatic heterocycles. The molecule has 0 saturated carbocycles. The first kappa shape index (κ1) is 23.6. The largest absolute Gasteiger partial charge is 0.496 e. The number of hydrogen-bond donors (Lipinski definition) is 2. The molecule has 3 rings (SSSR count). The maximum Gasteiger partial charge on any atom is 0.217 e. The third kappa shape index (κ3) is 6.13. The van der Waals surface area contributed by atoms with Gasteiger partial charge in [-0.05, 0) is 44.7 Å². The number of benzene rings is 1. The van der Waals surface area contributed by atoms with Crippen LogP contribution in [0, 0.1) is 5.92 Å². The van der Waals surface area contributed by atoms with E-state index in [1.165, 1.54) is 5.56 Å². The average molecular weight is 516 g/mol. The molecule has 0 aliphatic carbocycles. The number of halogens is 1. The van der Waals surface area contributed by atoms with Crippen molar-refractivity contribution in [3.8, 4) is 11.5 Å². The molecule has 2 atom stereocenters. The first-order valence-corrected chi connectivity index (χ1v) is 10.2. The molecule has 0 radical (unpaired) electrons. The zero-order valence-corrected chi connectivity index (χ0v) is 19.9. The lowest BCUT2D eigenvalue weighted by molar-refractivity contribution is -0.119. The molecule has 1 aromatic rings. The first-order valence-electron chi connectivity index (χ1n) is 10.2. The van der Waals surface area contributed by atoms with Crippen molar-refractivity contribution in [1.82, 2.24) is 10.2 Å². The van der Waals surface area contributed by atoms with Crippen LogP contribution in [0.4, 0.5) is 0 Å². The van der Waals surface area contributed by atoms with Crippen LogP contribution in [0.15, 0.2) is 17.1 Å². The van der Waals surface area contributed by atoms with Gasteiger partial charge in [0, 0.05) is 43.6 Å². The third-order valence-electron chi connectivity index (χ3n) is 5.34. The van der Waals surface area contributed by atoms with E-state index in [1.807, 2.05) is 0 Å². The lowest BCUT2D eigenvalue weighted by atomic mass is 9.95. The lowest BCUT2D eigenvalue weighted by Crippen LogP contribution is -2.47. The van der Waals surface area contributed by atoms with Gasteiger partial charge in [-0.15, -0.1) is 24.0 Å². The Balaban J connectivity index is 0.00000300. The summed E-state index contributed by atoms with van der Waals surface area (Å²) in [6, 6.07) is 4.12. The van der Waals surface area contributed by atoms with Crippen molar-refractivity contribution in [3.05, 3.63) is 23.3 Å². The van der Waals surface area contributed by atoms with E-state index in [0.717, 1.165) is 61.9 Å². The monoisotopic (exact) mass is 516 g/mol. The second-order valence-corrected chi connectivity index (χ2v) is 7.70. The predicted molar refractivity (Wildman–Crippen MR) is 125 cm³/mol. The van der Waals surface area contributed by atoms with E-state index in [1.54, 1.807) is 7.11 Å². The van der Waals surface area contributed by atoms with Gasteiger partial charge in [-0.2, -0.15) is 0 Å². The van der Waals surface area contributed by atoms with Crippen LogP contribution in [0.5, 0.6) is 11.5 Å². The fourth-order valence-electron chi connectivity index (χ4n) is 4.09. The number of nitrogens with zero attached hydrogens (tertiary/aromatic N) is 2. The number of hydrogen-bond acceptors (Lipinski definition) is 4. The van der Waals surface area contributed by atoms with E-state index in [2.05, 4.69) is 36.2 Å². The summed E-state index contributed by atoms with van der Waals surface area (Å²) in [6.07, 6.45) is 3.62. The molecule has 0 bridgehead atoms. The second kappa shape index (κ2) is 10.9. The molecule has 2 aliphatic rings. The Kier molecular flexibility index (Phi) is 8.85. The zero-order valence-electron chi connectivity index (χ0n) is 17.6. The minimum absolute atomic E-state index is 0. The first-order chi connectivity index (χ1) is 13.5. The molecule has 29 heavy (non-hydrogen) atoms. The normalized spacial score (nSPS) is 21.1. The fourth-order valence-corrected chi connectivity index (χ4v) is 4.09. The van der Waals surface area contributed by atoms with Gasteiger partial charge < -0.3 is 25.4 Å². The standard InChI is InChI=1S/C21H32N4O3.HI/c1-4-23-21(25-7-5-6-15(13-25)9-20(22)26)24-12-17-11-19-16(8-14(2)28-19)10-18(17)27-3;/h10-11,14-15H,4-9,12-13H2,1-3H3,(H2,22,26)(H,23,24);1H.